The SMILES string of the molecule is CC1CCCC(n2cc(Br)cc2C(=O)O)C1C. The number of carboxylic acid groups (broad SMARTS) is 1. The number of hydrogen-bond donors (Lipinski definition) is 1. The third-order valence-corrected chi connectivity index (χ3v) is 4.49. The van der Waals surface area contributed by atoms with Crippen molar-refractivity contribution in [1.82, 2.24) is 4.57 Å². The van der Waals surface area contributed by atoms with Crippen molar-refractivity contribution in [2.75, 3.05) is 0 Å². The van der Waals surface area contributed by atoms with Crippen LogP contribution in [0, 0.1) is 11.8 Å². The van der Waals surface area contributed by atoms with Crippen LogP contribution in [0.4, 0.5) is 0 Å². The highest BCUT2D eigenvalue weighted by Crippen LogP contribution is 2.39. The van der Waals surface area contributed by atoms with E-state index < -0.39 is 5.97 Å². The molecule has 0 aromatic carbocycles. The molecule has 94 valence electrons. The lowest BCUT2D eigenvalue weighted by atomic mass is 9.78. The smallest absolute Gasteiger partial charge is 0.352 e. The Balaban J connectivity index is 2.35. The summed E-state index contributed by atoms with van der Waals surface area (Å²) in [5, 5.41) is 9.22. The molecule has 0 spiro atoms. The standard InChI is InChI=1S/C13H18BrNO2/c1-8-4-3-5-11(9(8)2)15-7-10(14)6-12(15)13(16)17/h6-9,11H,3-5H2,1-2H3,(H,16,17). The van der Waals surface area contributed by atoms with E-state index in [-0.39, 0.29) is 0 Å². The maximum atomic E-state index is 11.2. The maximum absolute atomic E-state index is 11.2. The molecule has 1 heterocycles. The zero-order valence-corrected chi connectivity index (χ0v) is 11.8. The number of aromatic carboxylic acids is 1. The summed E-state index contributed by atoms with van der Waals surface area (Å²) in [5.41, 5.74) is 0.392. The van der Waals surface area contributed by atoms with Crippen molar-refractivity contribution in [2.45, 2.75) is 39.2 Å². The second-order valence-corrected chi connectivity index (χ2v) is 6.01. The van der Waals surface area contributed by atoms with E-state index in [0.29, 0.717) is 23.6 Å². The van der Waals surface area contributed by atoms with Gasteiger partial charge in [-0.15, -0.1) is 0 Å². The fraction of sp³-hybridized carbons (Fsp3) is 0.615. The van der Waals surface area contributed by atoms with E-state index in [1.54, 1.807) is 6.07 Å². The van der Waals surface area contributed by atoms with Gasteiger partial charge in [-0.25, -0.2) is 4.79 Å². The average Bonchev–Trinajstić information content (AvgIpc) is 2.64. The first-order valence-corrected chi connectivity index (χ1v) is 6.90. The van der Waals surface area contributed by atoms with Crippen LogP contribution in [0.2, 0.25) is 0 Å². The van der Waals surface area contributed by atoms with Crippen molar-refractivity contribution in [3.63, 3.8) is 0 Å². The van der Waals surface area contributed by atoms with Crippen LogP contribution in [0.5, 0.6) is 0 Å². The molecule has 1 aliphatic rings. The summed E-state index contributed by atoms with van der Waals surface area (Å²) in [4.78, 5) is 11.2. The van der Waals surface area contributed by atoms with Crippen LogP contribution in [0.1, 0.15) is 49.6 Å². The summed E-state index contributed by atoms with van der Waals surface area (Å²) < 4.78 is 2.78. The first-order valence-electron chi connectivity index (χ1n) is 6.11. The van der Waals surface area contributed by atoms with Crippen molar-refractivity contribution in [3.8, 4) is 0 Å². The highest BCUT2D eigenvalue weighted by atomic mass is 79.9. The molecule has 1 saturated carbocycles. The van der Waals surface area contributed by atoms with Crippen LogP contribution in [-0.4, -0.2) is 15.6 Å². The maximum Gasteiger partial charge on any atom is 0.352 e. The number of carboxylic acids is 1. The molecule has 0 bridgehead atoms. The van der Waals surface area contributed by atoms with Gasteiger partial charge in [0.15, 0.2) is 0 Å². The van der Waals surface area contributed by atoms with Crippen LogP contribution in [-0.2, 0) is 0 Å². The Kier molecular flexibility index (Phi) is 3.61. The van der Waals surface area contributed by atoms with Crippen LogP contribution in [0.25, 0.3) is 0 Å². The van der Waals surface area contributed by atoms with Gasteiger partial charge < -0.3 is 9.67 Å². The van der Waals surface area contributed by atoms with E-state index in [1.165, 1.54) is 12.8 Å². The number of aromatic nitrogens is 1. The lowest BCUT2D eigenvalue weighted by Gasteiger charge is -2.35. The van der Waals surface area contributed by atoms with E-state index in [0.717, 1.165) is 10.9 Å². The summed E-state index contributed by atoms with van der Waals surface area (Å²) in [6, 6.07) is 2.00. The Morgan fingerprint density at radius 3 is 2.82 bits per heavy atom. The Hall–Kier alpha value is -0.770. The van der Waals surface area contributed by atoms with Crippen LogP contribution < -0.4 is 0 Å². The molecule has 4 heteroatoms. The molecule has 0 amide bonds. The van der Waals surface area contributed by atoms with Crippen LogP contribution in [0.15, 0.2) is 16.7 Å². The number of nitrogens with zero attached hydrogens (tertiary/aromatic N) is 1. The molecule has 3 unspecified atom stereocenters. The molecule has 3 atom stereocenters. The molecule has 1 aliphatic carbocycles. The monoisotopic (exact) mass is 299 g/mol. The summed E-state index contributed by atoms with van der Waals surface area (Å²) in [7, 11) is 0. The topological polar surface area (TPSA) is 42.2 Å². The highest BCUT2D eigenvalue weighted by molar-refractivity contribution is 9.10. The molecule has 2 rings (SSSR count). The van der Waals surface area contributed by atoms with Crippen molar-refractivity contribution in [3.05, 3.63) is 22.4 Å². The Morgan fingerprint density at radius 2 is 2.18 bits per heavy atom. The number of carbonyl (C=O) groups is 1. The highest BCUT2D eigenvalue weighted by Gasteiger charge is 2.30. The first-order chi connectivity index (χ1) is 8.00. The minimum atomic E-state index is -0.846. The second kappa shape index (κ2) is 4.84. The van der Waals surface area contributed by atoms with E-state index in [4.69, 9.17) is 0 Å². The van der Waals surface area contributed by atoms with Gasteiger partial charge >= 0.3 is 5.97 Å². The normalized spacial score (nSPS) is 29.2. The van der Waals surface area contributed by atoms with Gasteiger partial charge in [-0.2, -0.15) is 0 Å². The lowest BCUT2D eigenvalue weighted by molar-refractivity contribution is 0.0674. The van der Waals surface area contributed by atoms with Crippen molar-refractivity contribution < 1.29 is 9.90 Å². The van der Waals surface area contributed by atoms with Gasteiger partial charge in [0.1, 0.15) is 5.69 Å². The summed E-state index contributed by atoms with van der Waals surface area (Å²) in [6.45, 7) is 4.49. The molecule has 1 fully saturated rings. The van der Waals surface area contributed by atoms with Gasteiger partial charge in [0, 0.05) is 16.7 Å². The zero-order chi connectivity index (χ0) is 12.6. The molecule has 0 aliphatic heterocycles. The summed E-state index contributed by atoms with van der Waals surface area (Å²) in [6.07, 6.45) is 5.42. The molecule has 17 heavy (non-hydrogen) atoms. The van der Waals surface area contributed by atoms with Gasteiger partial charge in [0.2, 0.25) is 0 Å². The predicted molar refractivity (Wildman–Crippen MR) is 70.3 cm³/mol. The predicted octanol–water partition coefficient (Wildman–Crippen LogP) is 3.95. The molecular weight excluding hydrogens is 282 g/mol. The zero-order valence-electron chi connectivity index (χ0n) is 10.2. The third kappa shape index (κ3) is 2.41. The van der Waals surface area contributed by atoms with Crippen molar-refractivity contribution in [1.29, 1.82) is 0 Å². The molecular formula is C13H18BrNO2. The summed E-state index contributed by atoms with van der Waals surface area (Å²) in [5.74, 6) is 0.346. The molecule has 3 nitrogen and oxygen atoms in total. The quantitative estimate of drug-likeness (QED) is 0.898. The summed E-state index contributed by atoms with van der Waals surface area (Å²) >= 11 is 3.37. The van der Waals surface area contributed by atoms with Crippen LogP contribution >= 0.6 is 15.9 Å². The van der Waals surface area contributed by atoms with E-state index in [2.05, 4.69) is 29.8 Å². The van der Waals surface area contributed by atoms with Gasteiger partial charge in [0.05, 0.1) is 0 Å². The largest absolute Gasteiger partial charge is 0.477 e. The van der Waals surface area contributed by atoms with E-state index in [1.807, 2.05) is 10.8 Å². The minimum Gasteiger partial charge on any atom is -0.477 e. The first kappa shape index (κ1) is 12.7. The molecule has 1 aromatic rings. The van der Waals surface area contributed by atoms with Crippen molar-refractivity contribution in [2.24, 2.45) is 11.8 Å². The van der Waals surface area contributed by atoms with E-state index in [9.17, 15) is 9.90 Å². The third-order valence-electron chi connectivity index (χ3n) is 4.06. The van der Waals surface area contributed by atoms with Gasteiger partial charge in [-0.05, 0) is 40.3 Å². The second-order valence-electron chi connectivity index (χ2n) is 5.09. The Morgan fingerprint density at radius 1 is 1.47 bits per heavy atom. The number of rotatable bonds is 2. The van der Waals surface area contributed by atoms with Gasteiger partial charge in [-0.3, -0.25) is 0 Å². The molecule has 1 aromatic heterocycles. The average molecular weight is 300 g/mol. The lowest BCUT2D eigenvalue weighted by Crippen LogP contribution is -2.28. The molecule has 0 saturated heterocycles. The van der Waals surface area contributed by atoms with Gasteiger partial charge in [0.25, 0.3) is 0 Å². The molecule has 1 N–H and O–H groups in total. The minimum absolute atomic E-state index is 0.316. The number of hydrogen-bond acceptors (Lipinski definition) is 1. The van der Waals surface area contributed by atoms with E-state index >= 15 is 0 Å². The van der Waals surface area contributed by atoms with Crippen molar-refractivity contribution >= 4 is 21.9 Å². The fourth-order valence-electron chi connectivity index (χ4n) is 2.84. The number of halogens is 1. The Labute approximate surface area is 110 Å². The molecule has 0 radical (unpaired) electrons. The van der Waals surface area contributed by atoms with Gasteiger partial charge in [-0.1, -0.05) is 26.7 Å². The van der Waals surface area contributed by atoms with Crippen LogP contribution in [0.3, 0.4) is 0 Å². The Bertz CT molecular complexity index is 427. The fourth-order valence-corrected chi connectivity index (χ4v) is 3.28.